The van der Waals surface area contributed by atoms with Crippen molar-refractivity contribution >= 4 is 0 Å². The van der Waals surface area contributed by atoms with E-state index >= 15 is 0 Å². The number of nitrogens with one attached hydrogen (secondary N) is 1. The third kappa shape index (κ3) is 1.59. The number of rotatable bonds is 1. The van der Waals surface area contributed by atoms with Crippen molar-refractivity contribution in [2.24, 2.45) is 17.3 Å². The molecule has 14 heavy (non-hydrogen) atoms. The highest BCUT2D eigenvalue weighted by Crippen LogP contribution is 2.49. The third-order valence-electron chi connectivity index (χ3n) is 4.91. The van der Waals surface area contributed by atoms with Gasteiger partial charge in [0, 0.05) is 6.04 Å². The Hall–Kier alpha value is -0.0800. The molecule has 0 aromatic heterocycles. The minimum Gasteiger partial charge on any atom is -0.388 e. The summed E-state index contributed by atoms with van der Waals surface area (Å²) in [5, 5.41) is 13.7. The van der Waals surface area contributed by atoms with Gasteiger partial charge in [-0.3, -0.25) is 0 Å². The molecule has 84 valence electrons. The molecule has 0 bridgehead atoms. The maximum Gasteiger partial charge on any atom is 0.0802 e. The predicted molar refractivity (Wildman–Crippen MR) is 60.2 cm³/mol. The van der Waals surface area contributed by atoms with Crippen LogP contribution in [0, 0.1) is 17.3 Å². The second kappa shape index (κ2) is 3.49. The maximum absolute atomic E-state index is 10.5. The molecule has 0 amide bonds. The summed E-state index contributed by atoms with van der Waals surface area (Å²) in [5.74, 6) is 0.964. The first kappa shape index (κ1) is 12.0. The molecule has 2 nitrogen and oxygen atoms in total. The summed E-state index contributed by atoms with van der Waals surface area (Å²) >= 11 is 0. The van der Waals surface area contributed by atoms with Crippen LogP contribution in [0.2, 0.25) is 0 Å². The van der Waals surface area contributed by atoms with Crippen molar-refractivity contribution in [3.05, 3.63) is 0 Å². The standard InChI is InChI=1S/C12H25NO/c1-8-7-10(13-6)12(5,14)9(2)11(8,3)4/h8-10,13-14H,7H2,1-6H3/t8-,9-,10-,12-/m0/s1. The first-order chi connectivity index (χ1) is 6.24. The molecule has 2 heteroatoms. The first-order valence-electron chi connectivity index (χ1n) is 5.64. The molecule has 1 saturated carbocycles. The van der Waals surface area contributed by atoms with E-state index in [-0.39, 0.29) is 11.5 Å². The zero-order valence-electron chi connectivity index (χ0n) is 10.4. The summed E-state index contributed by atoms with van der Waals surface area (Å²) in [6.45, 7) is 11.0. The van der Waals surface area contributed by atoms with Gasteiger partial charge in [0.2, 0.25) is 0 Å². The Labute approximate surface area is 88.1 Å². The van der Waals surface area contributed by atoms with E-state index in [9.17, 15) is 5.11 Å². The lowest BCUT2D eigenvalue weighted by Crippen LogP contribution is -2.61. The minimum absolute atomic E-state index is 0.219. The SMILES string of the molecule is CN[C@H]1C[C@H](C)C(C)(C)[C@H](C)[C@]1(C)O. The molecule has 2 N–H and O–H groups in total. The molecule has 0 heterocycles. The van der Waals surface area contributed by atoms with Crippen LogP contribution < -0.4 is 5.32 Å². The van der Waals surface area contributed by atoms with E-state index in [0.29, 0.717) is 11.8 Å². The molecular formula is C12H25NO. The van der Waals surface area contributed by atoms with Crippen molar-refractivity contribution in [1.29, 1.82) is 0 Å². The van der Waals surface area contributed by atoms with Crippen LogP contribution in [0.15, 0.2) is 0 Å². The lowest BCUT2D eigenvalue weighted by Gasteiger charge is -2.54. The van der Waals surface area contributed by atoms with Gasteiger partial charge in [0.15, 0.2) is 0 Å². The molecule has 1 aliphatic carbocycles. The topological polar surface area (TPSA) is 32.3 Å². The Morgan fingerprint density at radius 3 is 2.14 bits per heavy atom. The first-order valence-corrected chi connectivity index (χ1v) is 5.64. The number of hydrogen-bond donors (Lipinski definition) is 2. The second-order valence-corrected chi connectivity index (χ2v) is 5.75. The molecule has 1 fully saturated rings. The molecule has 0 unspecified atom stereocenters. The number of aliphatic hydroxyl groups is 1. The molecule has 0 radical (unpaired) electrons. The van der Waals surface area contributed by atoms with E-state index in [1.807, 2.05) is 14.0 Å². The number of likely N-dealkylation sites (N-methyl/N-ethyl adjacent to an activating group) is 1. The van der Waals surface area contributed by atoms with Gasteiger partial charge in [0.1, 0.15) is 0 Å². The Kier molecular flexibility index (Phi) is 2.99. The Morgan fingerprint density at radius 2 is 1.71 bits per heavy atom. The average Bonchev–Trinajstić information content (AvgIpc) is 2.09. The summed E-state index contributed by atoms with van der Waals surface area (Å²) in [5.41, 5.74) is -0.373. The fourth-order valence-corrected chi connectivity index (χ4v) is 2.79. The second-order valence-electron chi connectivity index (χ2n) is 5.75. The highest BCUT2D eigenvalue weighted by Gasteiger charge is 2.51. The molecular weight excluding hydrogens is 174 g/mol. The van der Waals surface area contributed by atoms with E-state index in [2.05, 4.69) is 33.0 Å². The maximum atomic E-state index is 10.5. The fourth-order valence-electron chi connectivity index (χ4n) is 2.79. The summed E-state index contributed by atoms with van der Waals surface area (Å²) in [4.78, 5) is 0. The summed E-state index contributed by atoms with van der Waals surface area (Å²) in [7, 11) is 1.94. The van der Waals surface area contributed by atoms with Crippen LogP contribution in [0.1, 0.15) is 41.0 Å². The van der Waals surface area contributed by atoms with E-state index < -0.39 is 5.60 Å². The van der Waals surface area contributed by atoms with E-state index in [0.717, 1.165) is 6.42 Å². The van der Waals surface area contributed by atoms with Gasteiger partial charge in [0.25, 0.3) is 0 Å². The van der Waals surface area contributed by atoms with Gasteiger partial charge in [-0.2, -0.15) is 0 Å². The normalized spacial score (nSPS) is 47.8. The largest absolute Gasteiger partial charge is 0.388 e. The van der Waals surface area contributed by atoms with Crippen molar-refractivity contribution < 1.29 is 5.11 Å². The van der Waals surface area contributed by atoms with Crippen molar-refractivity contribution in [3.8, 4) is 0 Å². The smallest absolute Gasteiger partial charge is 0.0802 e. The van der Waals surface area contributed by atoms with Gasteiger partial charge < -0.3 is 10.4 Å². The molecule has 1 aliphatic rings. The van der Waals surface area contributed by atoms with Crippen LogP contribution in [0.3, 0.4) is 0 Å². The van der Waals surface area contributed by atoms with Gasteiger partial charge >= 0.3 is 0 Å². The summed E-state index contributed by atoms with van der Waals surface area (Å²) < 4.78 is 0. The van der Waals surface area contributed by atoms with E-state index in [1.165, 1.54) is 0 Å². The Balaban J connectivity index is 2.97. The third-order valence-corrected chi connectivity index (χ3v) is 4.91. The van der Waals surface area contributed by atoms with E-state index in [4.69, 9.17) is 0 Å². The molecule has 0 saturated heterocycles. The van der Waals surface area contributed by atoms with Gasteiger partial charge in [-0.05, 0) is 37.6 Å². The molecule has 1 rings (SSSR count). The molecule has 0 spiro atoms. The van der Waals surface area contributed by atoms with E-state index in [1.54, 1.807) is 0 Å². The van der Waals surface area contributed by atoms with Gasteiger partial charge in [-0.25, -0.2) is 0 Å². The van der Waals surface area contributed by atoms with Crippen LogP contribution in [0.25, 0.3) is 0 Å². The van der Waals surface area contributed by atoms with Crippen LogP contribution in [0.5, 0.6) is 0 Å². The van der Waals surface area contributed by atoms with Crippen LogP contribution in [-0.2, 0) is 0 Å². The van der Waals surface area contributed by atoms with Crippen molar-refractivity contribution in [2.45, 2.75) is 52.7 Å². The lowest BCUT2D eigenvalue weighted by molar-refractivity contribution is -0.124. The monoisotopic (exact) mass is 199 g/mol. The Morgan fingerprint density at radius 1 is 1.21 bits per heavy atom. The van der Waals surface area contributed by atoms with Crippen molar-refractivity contribution in [1.82, 2.24) is 5.32 Å². The molecule has 4 atom stereocenters. The van der Waals surface area contributed by atoms with Crippen LogP contribution >= 0.6 is 0 Å². The van der Waals surface area contributed by atoms with Crippen LogP contribution in [0.4, 0.5) is 0 Å². The molecule has 0 aromatic carbocycles. The zero-order chi connectivity index (χ0) is 11.1. The summed E-state index contributed by atoms with van der Waals surface area (Å²) in [6, 6.07) is 0.223. The fraction of sp³-hybridized carbons (Fsp3) is 1.00. The van der Waals surface area contributed by atoms with Gasteiger partial charge in [0.05, 0.1) is 5.60 Å². The van der Waals surface area contributed by atoms with Crippen molar-refractivity contribution in [3.63, 3.8) is 0 Å². The number of hydrogen-bond acceptors (Lipinski definition) is 2. The molecule has 0 aromatic rings. The lowest BCUT2D eigenvalue weighted by atomic mass is 9.56. The highest BCUT2D eigenvalue weighted by atomic mass is 16.3. The molecule has 0 aliphatic heterocycles. The van der Waals surface area contributed by atoms with Gasteiger partial charge in [-0.1, -0.05) is 27.7 Å². The Bertz CT molecular complexity index is 210. The van der Waals surface area contributed by atoms with Gasteiger partial charge in [-0.15, -0.1) is 0 Å². The zero-order valence-corrected chi connectivity index (χ0v) is 10.4. The van der Waals surface area contributed by atoms with Crippen LogP contribution in [-0.4, -0.2) is 23.8 Å². The summed E-state index contributed by atoms with van der Waals surface area (Å²) in [6.07, 6.45) is 1.06. The highest BCUT2D eigenvalue weighted by molar-refractivity contribution is 5.04. The quantitative estimate of drug-likeness (QED) is 0.677. The van der Waals surface area contributed by atoms with Crippen molar-refractivity contribution in [2.75, 3.05) is 7.05 Å². The minimum atomic E-state index is -0.592. The average molecular weight is 199 g/mol. The predicted octanol–water partition coefficient (Wildman–Crippen LogP) is 2.03.